The van der Waals surface area contributed by atoms with E-state index in [-0.39, 0.29) is 0 Å². The summed E-state index contributed by atoms with van der Waals surface area (Å²) in [6.07, 6.45) is 1.85. The van der Waals surface area contributed by atoms with Crippen molar-refractivity contribution in [2.24, 2.45) is 0 Å². The Labute approximate surface area is 102 Å². The Balaban J connectivity index is 2.29. The van der Waals surface area contributed by atoms with E-state index in [1.807, 2.05) is 11.7 Å². The third-order valence-corrected chi connectivity index (χ3v) is 3.91. The Kier molecular flexibility index (Phi) is 1.73. The number of hydrogen-bond donors (Lipinski definition) is 0. The van der Waals surface area contributed by atoms with Gasteiger partial charge < -0.3 is 0 Å². The van der Waals surface area contributed by atoms with Crippen molar-refractivity contribution >= 4 is 43.2 Å². The Bertz CT molecular complexity index is 848. The maximum Gasteiger partial charge on any atom is 0.100 e. The smallest absolute Gasteiger partial charge is 0.100 e. The van der Waals surface area contributed by atoms with Crippen molar-refractivity contribution in [2.45, 2.75) is 0 Å². The second kappa shape index (κ2) is 3.25. The van der Waals surface area contributed by atoms with E-state index in [1.54, 1.807) is 11.3 Å². The summed E-state index contributed by atoms with van der Waals surface area (Å²) in [4.78, 5) is 8.78. The zero-order valence-electron chi connectivity index (χ0n) is 8.92. The van der Waals surface area contributed by atoms with Crippen LogP contribution in [0.3, 0.4) is 0 Å². The maximum atomic E-state index is 4.48. The summed E-state index contributed by atoms with van der Waals surface area (Å²) in [5, 5.41) is 3.68. The van der Waals surface area contributed by atoms with Crippen LogP contribution in [0.4, 0.5) is 0 Å². The van der Waals surface area contributed by atoms with Crippen molar-refractivity contribution in [1.82, 2.24) is 9.97 Å². The molecule has 0 fully saturated rings. The molecule has 0 saturated carbocycles. The third kappa shape index (κ3) is 1.26. The predicted octanol–water partition coefficient (Wildman–Crippen LogP) is 4.00. The number of thiazole rings is 1. The van der Waals surface area contributed by atoms with Gasteiger partial charge in [0.1, 0.15) is 5.52 Å². The number of hydrogen-bond acceptors (Lipinski definition) is 3. The Hall–Kier alpha value is -2.00. The zero-order chi connectivity index (χ0) is 11.2. The minimum Gasteiger partial charge on any atom is -0.254 e. The predicted molar refractivity (Wildman–Crippen MR) is 72.4 cm³/mol. The molecule has 0 radical (unpaired) electrons. The zero-order valence-corrected chi connectivity index (χ0v) is 9.74. The minimum atomic E-state index is 0.984. The van der Waals surface area contributed by atoms with E-state index in [4.69, 9.17) is 0 Å². The van der Waals surface area contributed by atoms with Crippen LogP contribution in [-0.2, 0) is 0 Å². The molecular formula is C14H8N2S. The van der Waals surface area contributed by atoms with Gasteiger partial charge in [0, 0.05) is 5.39 Å². The van der Waals surface area contributed by atoms with E-state index in [0.717, 1.165) is 11.0 Å². The second-order valence-electron chi connectivity index (χ2n) is 4.04. The average Bonchev–Trinajstić information content (AvgIpc) is 2.85. The van der Waals surface area contributed by atoms with Crippen LogP contribution < -0.4 is 0 Å². The first-order valence-electron chi connectivity index (χ1n) is 5.42. The van der Waals surface area contributed by atoms with Crippen LogP contribution in [0, 0.1) is 0 Å². The molecule has 2 aromatic carbocycles. The van der Waals surface area contributed by atoms with E-state index in [1.165, 1.54) is 20.9 Å². The fraction of sp³-hybridized carbons (Fsp3) is 0. The van der Waals surface area contributed by atoms with Gasteiger partial charge in [0.2, 0.25) is 0 Å². The van der Waals surface area contributed by atoms with Crippen LogP contribution in [0.25, 0.3) is 31.9 Å². The van der Waals surface area contributed by atoms with Crippen molar-refractivity contribution in [1.29, 1.82) is 0 Å². The number of pyridine rings is 1. The van der Waals surface area contributed by atoms with Gasteiger partial charge >= 0.3 is 0 Å². The first kappa shape index (κ1) is 9.07. The molecule has 2 aromatic heterocycles. The minimum absolute atomic E-state index is 0.984. The van der Waals surface area contributed by atoms with Gasteiger partial charge in [-0.25, -0.2) is 4.98 Å². The van der Waals surface area contributed by atoms with Crippen molar-refractivity contribution in [3.8, 4) is 0 Å². The largest absolute Gasteiger partial charge is 0.254 e. The number of benzene rings is 2. The molecule has 0 atom stereocenters. The molecule has 0 amide bonds. The molecule has 4 rings (SSSR count). The van der Waals surface area contributed by atoms with Crippen molar-refractivity contribution in [3.63, 3.8) is 0 Å². The number of aromatic nitrogens is 2. The summed E-state index contributed by atoms with van der Waals surface area (Å²) in [5.41, 5.74) is 3.90. The molecule has 2 heterocycles. The van der Waals surface area contributed by atoms with Crippen LogP contribution >= 0.6 is 11.3 Å². The van der Waals surface area contributed by atoms with Crippen LogP contribution in [0.15, 0.2) is 48.1 Å². The molecule has 0 aliphatic carbocycles. The Morgan fingerprint density at radius 2 is 1.71 bits per heavy atom. The molecule has 3 heteroatoms. The third-order valence-electron chi connectivity index (χ3n) is 3.03. The number of nitrogens with zero attached hydrogens (tertiary/aromatic N) is 2. The molecule has 4 aromatic rings. The number of rotatable bonds is 0. The Morgan fingerprint density at radius 3 is 2.59 bits per heavy atom. The molecule has 80 valence electrons. The van der Waals surface area contributed by atoms with E-state index in [2.05, 4.69) is 46.4 Å². The lowest BCUT2D eigenvalue weighted by Crippen LogP contribution is -1.81. The molecular weight excluding hydrogens is 228 g/mol. The van der Waals surface area contributed by atoms with Crippen LogP contribution in [0.1, 0.15) is 0 Å². The summed E-state index contributed by atoms with van der Waals surface area (Å²) in [5.74, 6) is 0. The summed E-state index contributed by atoms with van der Waals surface area (Å²) in [6.45, 7) is 0. The van der Waals surface area contributed by atoms with E-state index < -0.39 is 0 Å². The van der Waals surface area contributed by atoms with Crippen LogP contribution in [0.2, 0.25) is 0 Å². The topological polar surface area (TPSA) is 25.8 Å². The molecule has 17 heavy (non-hydrogen) atoms. The average molecular weight is 236 g/mol. The standard InChI is InChI=1S/C14H8N2S/c1-2-4-10-6-12-11(5-9(10)3-1)14-13(7-15-12)16-8-17-14/h1-8H. The van der Waals surface area contributed by atoms with Gasteiger partial charge in [-0.1, -0.05) is 24.3 Å². The van der Waals surface area contributed by atoms with Crippen molar-refractivity contribution in [3.05, 3.63) is 48.1 Å². The summed E-state index contributed by atoms with van der Waals surface area (Å²) < 4.78 is 1.22. The highest BCUT2D eigenvalue weighted by molar-refractivity contribution is 7.17. The normalized spacial score (nSPS) is 11.5. The highest BCUT2D eigenvalue weighted by Gasteiger charge is 2.05. The highest BCUT2D eigenvalue weighted by Crippen LogP contribution is 2.29. The lowest BCUT2D eigenvalue weighted by Gasteiger charge is -2.01. The lowest BCUT2D eigenvalue weighted by atomic mass is 10.1. The molecule has 0 bridgehead atoms. The molecule has 0 aliphatic rings. The molecule has 0 aliphatic heterocycles. The van der Waals surface area contributed by atoms with Gasteiger partial charge in [-0.3, -0.25) is 4.98 Å². The first-order valence-corrected chi connectivity index (χ1v) is 6.30. The fourth-order valence-corrected chi connectivity index (χ4v) is 2.98. The lowest BCUT2D eigenvalue weighted by molar-refractivity contribution is 1.40. The van der Waals surface area contributed by atoms with Gasteiger partial charge in [-0.2, -0.15) is 0 Å². The van der Waals surface area contributed by atoms with Gasteiger partial charge in [0.15, 0.2) is 0 Å². The SMILES string of the molecule is c1ccc2cc3c(cc2c1)ncc1ncsc13. The van der Waals surface area contributed by atoms with Crippen molar-refractivity contribution < 1.29 is 0 Å². The summed E-state index contributed by atoms with van der Waals surface area (Å²) >= 11 is 1.67. The highest BCUT2D eigenvalue weighted by atomic mass is 32.1. The Morgan fingerprint density at radius 1 is 0.882 bits per heavy atom. The van der Waals surface area contributed by atoms with Gasteiger partial charge in [-0.15, -0.1) is 11.3 Å². The molecule has 0 saturated heterocycles. The van der Waals surface area contributed by atoms with Crippen LogP contribution in [0.5, 0.6) is 0 Å². The molecule has 0 N–H and O–H groups in total. The van der Waals surface area contributed by atoms with E-state index in [0.29, 0.717) is 0 Å². The maximum absolute atomic E-state index is 4.48. The van der Waals surface area contributed by atoms with Gasteiger partial charge in [0.25, 0.3) is 0 Å². The van der Waals surface area contributed by atoms with E-state index in [9.17, 15) is 0 Å². The molecule has 0 unspecified atom stereocenters. The van der Waals surface area contributed by atoms with Gasteiger partial charge in [-0.05, 0) is 22.9 Å². The monoisotopic (exact) mass is 236 g/mol. The second-order valence-corrected chi connectivity index (χ2v) is 4.90. The number of fused-ring (bicyclic) bond motifs is 4. The van der Waals surface area contributed by atoms with Gasteiger partial charge in [0.05, 0.1) is 21.9 Å². The first-order chi connectivity index (χ1) is 8.42. The fourth-order valence-electron chi connectivity index (χ4n) is 2.20. The summed E-state index contributed by atoms with van der Waals surface area (Å²) in [6, 6.07) is 12.7. The molecule has 0 spiro atoms. The summed E-state index contributed by atoms with van der Waals surface area (Å²) in [7, 11) is 0. The van der Waals surface area contributed by atoms with E-state index >= 15 is 0 Å². The molecule has 2 nitrogen and oxygen atoms in total. The van der Waals surface area contributed by atoms with Crippen molar-refractivity contribution in [2.75, 3.05) is 0 Å². The quantitative estimate of drug-likeness (QED) is 0.431. The van der Waals surface area contributed by atoms with Crippen LogP contribution in [-0.4, -0.2) is 9.97 Å².